The maximum Gasteiger partial charge on any atom is 0.263 e. The van der Waals surface area contributed by atoms with Crippen molar-refractivity contribution >= 4 is 34.0 Å². The van der Waals surface area contributed by atoms with Crippen molar-refractivity contribution in [2.24, 2.45) is 18.0 Å². The SMILES string of the molecule is CC(C)[C@H](N=C1NS(=O)(=O)c2ccccc21)C(=O)NCCc1n[nH]c(=S)n1C. The summed E-state index contributed by atoms with van der Waals surface area (Å²) in [7, 11) is -1.84. The second kappa shape index (κ2) is 7.84. The minimum absolute atomic E-state index is 0.120. The Morgan fingerprint density at radius 3 is 2.71 bits per heavy atom. The van der Waals surface area contributed by atoms with Crippen molar-refractivity contribution in [3.8, 4) is 0 Å². The lowest BCUT2D eigenvalue weighted by molar-refractivity contribution is -0.123. The summed E-state index contributed by atoms with van der Waals surface area (Å²) in [6, 6.07) is 5.84. The van der Waals surface area contributed by atoms with E-state index in [1.165, 1.54) is 6.07 Å². The molecule has 9 nitrogen and oxygen atoms in total. The van der Waals surface area contributed by atoms with Crippen LogP contribution < -0.4 is 10.0 Å². The Hall–Kier alpha value is -2.53. The first-order valence-corrected chi connectivity index (χ1v) is 10.7. The molecule has 1 aromatic carbocycles. The largest absolute Gasteiger partial charge is 0.354 e. The van der Waals surface area contributed by atoms with Crippen molar-refractivity contribution in [3.05, 3.63) is 40.4 Å². The molecule has 0 unspecified atom stereocenters. The number of amidine groups is 1. The van der Waals surface area contributed by atoms with Gasteiger partial charge in [0.05, 0.1) is 4.90 Å². The van der Waals surface area contributed by atoms with Crippen LogP contribution in [0.4, 0.5) is 0 Å². The number of aliphatic imine (C=N–C) groups is 1. The minimum atomic E-state index is -3.64. The number of carbonyl (C=O) groups excluding carboxylic acids is 1. The first-order chi connectivity index (χ1) is 13.2. The average molecular weight is 423 g/mol. The molecule has 0 radical (unpaired) electrons. The Balaban J connectivity index is 1.75. The third-order valence-corrected chi connectivity index (χ3v) is 6.21. The van der Waals surface area contributed by atoms with E-state index in [9.17, 15) is 13.2 Å². The van der Waals surface area contributed by atoms with E-state index in [0.717, 1.165) is 5.82 Å². The predicted octanol–water partition coefficient (Wildman–Crippen LogP) is 0.900. The number of benzene rings is 1. The van der Waals surface area contributed by atoms with Gasteiger partial charge in [0.25, 0.3) is 10.0 Å². The van der Waals surface area contributed by atoms with Crippen LogP contribution in [0.1, 0.15) is 25.2 Å². The van der Waals surface area contributed by atoms with E-state index in [1.54, 1.807) is 29.8 Å². The van der Waals surface area contributed by atoms with E-state index < -0.39 is 16.1 Å². The number of fused-ring (bicyclic) bond motifs is 1. The molecular weight excluding hydrogens is 400 g/mol. The number of rotatable bonds is 6. The van der Waals surface area contributed by atoms with Crippen molar-refractivity contribution < 1.29 is 13.2 Å². The van der Waals surface area contributed by atoms with E-state index in [0.29, 0.717) is 23.3 Å². The highest BCUT2D eigenvalue weighted by atomic mass is 32.2. The van der Waals surface area contributed by atoms with Gasteiger partial charge >= 0.3 is 0 Å². The van der Waals surface area contributed by atoms with Gasteiger partial charge in [-0.3, -0.25) is 19.6 Å². The Bertz CT molecular complexity index is 1080. The van der Waals surface area contributed by atoms with Crippen LogP contribution in [0.3, 0.4) is 0 Å². The monoisotopic (exact) mass is 422 g/mol. The molecule has 1 aliphatic heterocycles. The van der Waals surface area contributed by atoms with Crippen molar-refractivity contribution in [1.29, 1.82) is 0 Å². The lowest BCUT2D eigenvalue weighted by Crippen LogP contribution is -2.39. The molecule has 150 valence electrons. The highest BCUT2D eigenvalue weighted by Crippen LogP contribution is 2.23. The Morgan fingerprint density at radius 1 is 1.36 bits per heavy atom. The number of amides is 1. The molecular formula is C17H22N6O3S2. The summed E-state index contributed by atoms with van der Waals surface area (Å²) >= 11 is 5.07. The topological polar surface area (TPSA) is 121 Å². The standard InChI is InChI=1S/C17H22N6O3S2/c1-10(2)14(16(24)18-9-8-13-20-21-17(27)23(13)3)19-15-11-6-4-5-7-12(11)28(25,26)22-15/h4-7,10,14H,8-9H2,1-3H3,(H,18,24)(H,19,22)(H,21,27)/t14-/m0/s1. The summed E-state index contributed by atoms with van der Waals surface area (Å²) in [6.45, 7) is 4.09. The Morgan fingerprint density at radius 2 is 2.07 bits per heavy atom. The van der Waals surface area contributed by atoms with Gasteiger partial charge in [0, 0.05) is 25.6 Å². The van der Waals surface area contributed by atoms with Crippen molar-refractivity contribution in [2.75, 3.05) is 6.54 Å². The second-order valence-electron chi connectivity index (χ2n) is 6.81. The molecule has 0 bridgehead atoms. The van der Waals surface area contributed by atoms with Crippen LogP contribution in [0.2, 0.25) is 0 Å². The van der Waals surface area contributed by atoms with Crippen LogP contribution in [0, 0.1) is 10.7 Å². The van der Waals surface area contributed by atoms with Gasteiger partial charge in [0.15, 0.2) is 4.77 Å². The summed E-state index contributed by atoms with van der Waals surface area (Å²) in [5.74, 6) is 0.530. The third-order valence-electron chi connectivity index (χ3n) is 4.45. The highest BCUT2D eigenvalue weighted by Gasteiger charge is 2.32. The molecule has 0 saturated carbocycles. The molecule has 3 N–H and O–H groups in total. The van der Waals surface area contributed by atoms with Gasteiger partial charge in [0.2, 0.25) is 5.91 Å². The lowest BCUT2D eigenvalue weighted by atomic mass is 10.0. The summed E-state index contributed by atoms with van der Waals surface area (Å²) in [5, 5.41) is 9.65. The number of H-pyrrole nitrogens is 1. The number of nitrogens with one attached hydrogen (secondary N) is 3. The third kappa shape index (κ3) is 3.99. The molecule has 0 aliphatic carbocycles. The fourth-order valence-electron chi connectivity index (χ4n) is 2.88. The van der Waals surface area contributed by atoms with E-state index in [4.69, 9.17) is 12.2 Å². The molecule has 2 heterocycles. The Kier molecular flexibility index (Phi) is 5.66. The molecule has 3 rings (SSSR count). The fraction of sp³-hybridized carbons (Fsp3) is 0.412. The summed E-state index contributed by atoms with van der Waals surface area (Å²) in [6.07, 6.45) is 0.506. The first-order valence-electron chi connectivity index (χ1n) is 8.78. The number of aromatic nitrogens is 3. The molecule has 11 heteroatoms. The van der Waals surface area contributed by atoms with Gasteiger partial charge < -0.3 is 9.88 Å². The van der Waals surface area contributed by atoms with Gasteiger partial charge in [-0.15, -0.1) is 0 Å². The van der Waals surface area contributed by atoms with Crippen LogP contribution in [-0.4, -0.2) is 47.5 Å². The number of nitrogens with zero attached hydrogens (tertiary/aromatic N) is 3. The van der Waals surface area contributed by atoms with Gasteiger partial charge in [-0.1, -0.05) is 26.0 Å². The number of aromatic amines is 1. The molecule has 1 aliphatic rings. The molecule has 1 atom stereocenters. The molecule has 2 aromatic rings. The van der Waals surface area contributed by atoms with E-state index >= 15 is 0 Å². The van der Waals surface area contributed by atoms with Gasteiger partial charge in [0.1, 0.15) is 17.7 Å². The maximum atomic E-state index is 12.7. The van der Waals surface area contributed by atoms with E-state index in [-0.39, 0.29) is 22.6 Å². The zero-order valence-electron chi connectivity index (χ0n) is 15.8. The second-order valence-corrected chi connectivity index (χ2v) is 8.85. The molecule has 28 heavy (non-hydrogen) atoms. The van der Waals surface area contributed by atoms with Gasteiger partial charge in [-0.05, 0) is 30.3 Å². The molecule has 0 fully saturated rings. The summed E-state index contributed by atoms with van der Waals surface area (Å²) in [5.41, 5.74) is 0.475. The van der Waals surface area contributed by atoms with Crippen molar-refractivity contribution in [3.63, 3.8) is 0 Å². The normalized spacial score (nSPS) is 17.4. The fourth-order valence-corrected chi connectivity index (χ4v) is 4.27. The van der Waals surface area contributed by atoms with Gasteiger partial charge in [-0.25, -0.2) is 8.42 Å². The van der Waals surface area contributed by atoms with Crippen molar-refractivity contribution in [2.45, 2.75) is 31.2 Å². The maximum absolute atomic E-state index is 12.7. The van der Waals surface area contributed by atoms with Crippen LogP contribution in [0.25, 0.3) is 0 Å². The average Bonchev–Trinajstić information content (AvgIpc) is 3.10. The molecule has 0 spiro atoms. The zero-order valence-corrected chi connectivity index (χ0v) is 17.4. The minimum Gasteiger partial charge on any atom is -0.354 e. The summed E-state index contributed by atoms with van der Waals surface area (Å²) < 4.78 is 29.2. The number of hydrogen-bond acceptors (Lipinski definition) is 6. The van der Waals surface area contributed by atoms with Crippen LogP contribution in [0.15, 0.2) is 34.2 Å². The number of sulfonamides is 1. The van der Waals surface area contributed by atoms with E-state index in [1.807, 2.05) is 13.8 Å². The molecule has 1 amide bonds. The highest BCUT2D eigenvalue weighted by molar-refractivity contribution is 7.90. The lowest BCUT2D eigenvalue weighted by Gasteiger charge is -2.17. The predicted molar refractivity (Wildman–Crippen MR) is 107 cm³/mol. The smallest absolute Gasteiger partial charge is 0.263 e. The Labute approximate surface area is 168 Å². The number of hydrogen-bond donors (Lipinski definition) is 3. The molecule has 0 saturated heterocycles. The number of carbonyl (C=O) groups is 1. The quantitative estimate of drug-likeness (QED) is 0.597. The van der Waals surface area contributed by atoms with Crippen LogP contribution >= 0.6 is 12.2 Å². The molecule has 1 aromatic heterocycles. The first kappa shape index (κ1) is 20.2. The van der Waals surface area contributed by atoms with Crippen LogP contribution in [-0.2, 0) is 28.3 Å². The summed E-state index contributed by atoms with van der Waals surface area (Å²) in [4.78, 5) is 17.3. The van der Waals surface area contributed by atoms with Crippen LogP contribution in [0.5, 0.6) is 0 Å². The van der Waals surface area contributed by atoms with E-state index in [2.05, 4.69) is 25.2 Å². The zero-order chi connectivity index (χ0) is 20.5. The van der Waals surface area contributed by atoms with Gasteiger partial charge in [-0.2, -0.15) is 5.10 Å². The van der Waals surface area contributed by atoms with Crippen molar-refractivity contribution in [1.82, 2.24) is 24.8 Å².